The minimum absolute atomic E-state index is 0.150. The number of nitrogens with zero attached hydrogens (tertiary/aromatic N) is 2. The summed E-state index contributed by atoms with van der Waals surface area (Å²) in [6, 6.07) is 1.83. The van der Waals surface area contributed by atoms with E-state index in [9.17, 15) is 4.79 Å². The second kappa shape index (κ2) is 5.40. The highest BCUT2D eigenvalue weighted by Crippen LogP contribution is 2.28. The molecule has 0 spiro atoms. The van der Waals surface area contributed by atoms with Crippen LogP contribution in [0.2, 0.25) is 0 Å². The zero-order chi connectivity index (χ0) is 13.2. The number of hydrogen-bond acceptors (Lipinski definition) is 5. The van der Waals surface area contributed by atoms with Crippen LogP contribution in [0.15, 0.2) is 22.3 Å². The molecule has 1 aliphatic heterocycles. The van der Waals surface area contributed by atoms with Gasteiger partial charge in [-0.1, -0.05) is 0 Å². The highest BCUT2D eigenvalue weighted by molar-refractivity contribution is 7.10. The van der Waals surface area contributed by atoms with Gasteiger partial charge in [0.25, 0.3) is 0 Å². The van der Waals surface area contributed by atoms with Crippen molar-refractivity contribution >= 4 is 28.6 Å². The van der Waals surface area contributed by atoms with Gasteiger partial charge in [-0.2, -0.15) is 11.3 Å². The van der Waals surface area contributed by atoms with Crippen LogP contribution in [0.4, 0.5) is 0 Å². The predicted octanol–water partition coefficient (Wildman–Crippen LogP) is 2.05. The number of amides is 1. The quantitative estimate of drug-likeness (QED) is 0.942. The molecule has 0 saturated carbocycles. The lowest BCUT2D eigenvalue weighted by Gasteiger charge is -2.23. The molecule has 3 heterocycles. The van der Waals surface area contributed by atoms with Crippen molar-refractivity contribution in [2.45, 2.75) is 19.0 Å². The van der Waals surface area contributed by atoms with E-state index < -0.39 is 0 Å². The Labute approximate surface area is 120 Å². The highest BCUT2D eigenvalue weighted by atomic mass is 32.1. The summed E-state index contributed by atoms with van der Waals surface area (Å²) in [4.78, 5) is 20.0. The van der Waals surface area contributed by atoms with E-state index in [2.05, 4.69) is 21.7 Å². The fourth-order valence-electron chi connectivity index (χ4n) is 2.36. The molecule has 2 aromatic rings. The standard InChI is InChI=1S/C13H15N3OS2/c1-14-11-12-10(15-8-19-12)2-4-16(13(11)17)6-9-3-5-18-7-9/h3,5,7-8,11,14H,2,4,6H2,1H3. The minimum atomic E-state index is -0.247. The van der Waals surface area contributed by atoms with Gasteiger partial charge >= 0.3 is 0 Å². The van der Waals surface area contributed by atoms with Crippen LogP contribution in [0.5, 0.6) is 0 Å². The number of rotatable bonds is 3. The van der Waals surface area contributed by atoms with Crippen molar-refractivity contribution in [2.75, 3.05) is 13.6 Å². The number of hydrogen-bond donors (Lipinski definition) is 1. The van der Waals surface area contributed by atoms with Crippen LogP contribution in [0.1, 0.15) is 22.2 Å². The maximum absolute atomic E-state index is 12.6. The molecule has 0 aliphatic carbocycles. The highest BCUT2D eigenvalue weighted by Gasteiger charge is 2.31. The second-order valence-corrected chi connectivity index (χ2v) is 6.19. The van der Waals surface area contributed by atoms with Crippen LogP contribution < -0.4 is 5.32 Å². The summed E-state index contributed by atoms with van der Waals surface area (Å²) in [5.74, 6) is 0.150. The molecule has 100 valence electrons. The molecule has 1 unspecified atom stereocenters. The summed E-state index contributed by atoms with van der Waals surface area (Å²) < 4.78 is 0. The van der Waals surface area contributed by atoms with Gasteiger partial charge in [0, 0.05) is 19.5 Å². The first-order valence-electron chi connectivity index (χ1n) is 6.19. The molecular formula is C13H15N3OS2. The molecule has 19 heavy (non-hydrogen) atoms. The fourth-order valence-corrected chi connectivity index (χ4v) is 3.96. The van der Waals surface area contributed by atoms with Gasteiger partial charge in [0.15, 0.2) is 0 Å². The molecule has 0 fully saturated rings. The summed E-state index contributed by atoms with van der Waals surface area (Å²) in [6.07, 6.45) is 0.840. The van der Waals surface area contributed by atoms with Crippen molar-refractivity contribution in [3.05, 3.63) is 38.5 Å². The maximum Gasteiger partial charge on any atom is 0.245 e. The number of aromatic nitrogens is 1. The summed E-state index contributed by atoms with van der Waals surface area (Å²) in [7, 11) is 1.83. The van der Waals surface area contributed by atoms with Crippen molar-refractivity contribution in [2.24, 2.45) is 0 Å². The van der Waals surface area contributed by atoms with E-state index >= 15 is 0 Å². The molecule has 4 nitrogen and oxygen atoms in total. The Bertz CT molecular complexity index is 564. The Balaban J connectivity index is 1.85. The monoisotopic (exact) mass is 293 g/mol. The van der Waals surface area contributed by atoms with Crippen LogP contribution in [0, 0.1) is 0 Å². The lowest BCUT2D eigenvalue weighted by atomic mass is 10.2. The summed E-state index contributed by atoms with van der Waals surface area (Å²) in [5.41, 5.74) is 4.09. The van der Waals surface area contributed by atoms with Crippen LogP contribution >= 0.6 is 22.7 Å². The number of fused-ring (bicyclic) bond motifs is 1. The van der Waals surface area contributed by atoms with E-state index in [1.807, 2.05) is 22.8 Å². The molecule has 0 saturated heterocycles. The normalized spacial score (nSPS) is 19.3. The third-order valence-corrected chi connectivity index (χ3v) is 5.02. The van der Waals surface area contributed by atoms with Gasteiger partial charge in [-0.3, -0.25) is 4.79 Å². The molecule has 1 amide bonds. The Morgan fingerprint density at radius 2 is 2.47 bits per heavy atom. The van der Waals surface area contributed by atoms with Gasteiger partial charge in [-0.15, -0.1) is 11.3 Å². The first-order valence-corrected chi connectivity index (χ1v) is 8.01. The number of carbonyl (C=O) groups is 1. The van der Waals surface area contributed by atoms with E-state index in [1.165, 1.54) is 5.56 Å². The van der Waals surface area contributed by atoms with Gasteiger partial charge in [0.2, 0.25) is 5.91 Å². The van der Waals surface area contributed by atoms with Gasteiger partial charge < -0.3 is 10.2 Å². The molecular weight excluding hydrogens is 278 g/mol. The van der Waals surface area contributed by atoms with Gasteiger partial charge in [-0.25, -0.2) is 4.98 Å². The van der Waals surface area contributed by atoms with Crippen LogP contribution in [0.3, 0.4) is 0 Å². The zero-order valence-electron chi connectivity index (χ0n) is 10.6. The van der Waals surface area contributed by atoms with E-state index in [-0.39, 0.29) is 11.9 Å². The van der Waals surface area contributed by atoms with Crippen molar-refractivity contribution in [1.82, 2.24) is 15.2 Å². The number of carbonyl (C=O) groups excluding carboxylic acids is 1. The Kier molecular flexibility index (Phi) is 3.63. The Morgan fingerprint density at radius 1 is 1.58 bits per heavy atom. The summed E-state index contributed by atoms with van der Waals surface area (Å²) >= 11 is 3.23. The number of nitrogens with one attached hydrogen (secondary N) is 1. The van der Waals surface area contributed by atoms with Crippen molar-refractivity contribution < 1.29 is 4.79 Å². The largest absolute Gasteiger partial charge is 0.336 e. The molecule has 1 atom stereocenters. The molecule has 1 aliphatic rings. The van der Waals surface area contributed by atoms with Crippen molar-refractivity contribution in [3.63, 3.8) is 0 Å². The van der Waals surface area contributed by atoms with E-state index in [0.29, 0.717) is 6.54 Å². The smallest absolute Gasteiger partial charge is 0.245 e. The van der Waals surface area contributed by atoms with Crippen LogP contribution in [0.25, 0.3) is 0 Å². The first-order chi connectivity index (χ1) is 9.29. The molecule has 2 aromatic heterocycles. The third-order valence-electron chi connectivity index (χ3n) is 3.35. The SMILES string of the molecule is CNC1C(=O)N(Cc2ccsc2)CCc2ncsc21. The van der Waals surface area contributed by atoms with Crippen LogP contribution in [-0.4, -0.2) is 29.4 Å². The van der Waals surface area contributed by atoms with Gasteiger partial charge in [0.05, 0.1) is 16.1 Å². The van der Waals surface area contributed by atoms with Gasteiger partial charge in [-0.05, 0) is 29.4 Å². The maximum atomic E-state index is 12.6. The minimum Gasteiger partial charge on any atom is -0.336 e. The zero-order valence-corrected chi connectivity index (χ0v) is 12.3. The van der Waals surface area contributed by atoms with Crippen molar-refractivity contribution in [1.29, 1.82) is 0 Å². The number of thiazole rings is 1. The lowest BCUT2D eigenvalue weighted by Crippen LogP contribution is -2.38. The molecule has 3 rings (SSSR count). The van der Waals surface area contributed by atoms with E-state index in [4.69, 9.17) is 0 Å². The summed E-state index contributed by atoms with van der Waals surface area (Å²) in [6.45, 7) is 1.43. The molecule has 0 bridgehead atoms. The molecule has 0 aromatic carbocycles. The average molecular weight is 293 g/mol. The lowest BCUT2D eigenvalue weighted by molar-refractivity contribution is -0.133. The second-order valence-electron chi connectivity index (χ2n) is 4.53. The third kappa shape index (κ3) is 2.43. The summed E-state index contributed by atoms with van der Waals surface area (Å²) in [5, 5.41) is 7.27. The Morgan fingerprint density at radius 3 is 3.21 bits per heavy atom. The number of likely N-dealkylation sites (N-methyl/N-ethyl adjacent to an activating group) is 1. The van der Waals surface area contributed by atoms with E-state index in [1.54, 1.807) is 22.7 Å². The topological polar surface area (TPSA) is 45.2 Å². The Hall–Kier alpha value is -1.24. The van der Waals surface area contributed by atoms with Crippen LogP contribution in [-0.2, 0) is 17.8 Å². The fraction of sp³-hybridized carbons (Fsp3) is 0.385. The van der Waals surface area contributed by atoms with Crippen molar-refractivity contribution in [3.8, 4) is 0 Å². The van der Waals surface area contributed by atoms with Gasteiger partial charge in [0.1, 0.15) is 6.04 Å². The average Bonchev–Trinajstić information content (AvgIpc) is 3.04. The van der Waals surface area contributed by atoms with E-state index in [0.717, 1.165) is 23.5 Å². The molecule has 6 heteroatoms. The number of thiophene rings is 1. The first kappa shape index (κ1) is 12.8. The molecule has 0 radical (unpaired) electrons. The predicted molar refractivity (Wildman–Crippen MR) is 77.4 cm³/mol. The molecule has 1 N–H and O–H groups in total.